The second-order valence-corrected chi connectivity index (χ2v) is 9.04. The number of halogens is 1. The topological polar surface area (TPSA) is 45.4 Å². The van der Waals surface area contributed by atoms with E-state index in [1.54, 1.807) is 11.5 Å². The Balaban J connectivity index is 0.00000157. The average molecular weight is 379 g/mol. The zero-order valence-electron chi connectivity index (χ0n) is 14.6. The van der Waals surface area contributed by atoms with E-state index in [4.69, 9.17) is 10.1 Å². The molecule has 3 aliphatic rings. The van der Waals surface area contributed by atoms with Crippen LogP contribution in [0.1, 0.15) is 25.7 Å². The van der Waals surface area contributed by atoms with Gasteiger partial charge < -0.3 is 10.6 Å². The highest BCUT2D eigenvalue weighted by atomic mass is 35.5. The van der Waals surface area contributed by atoms with E-state index in [-0.39, 0.29) is 12.4 Å². The molecule has 25 heavy (non-hydrogen) atoms. The fourth-order valence-electron chi connectivity index (χ4n) is 5.29. The molecule has 2 aromatic rings. The van der Waals surface area contributed by atoms with Crippen molar-refractivity contribution in [3.63, 3.8) is 0 Å². The van der Waals surface area contributed by atoms with Crippen molar-refractivity contribution in [1.82, 2.24) is 9.27 Å². The van der Waals surface area contributed by atoms with Crippen LogP contribution >= 0.6 is 23.9 Å². The van der Waals surface area contributed by atoms with Crippen molar-refractivity contribution in [3.05, 3.63) is 24.3 Å². The molecule has 0 amide bonds. The Morgan fingerprint density at radius 1 is 1.08 bits per heavy atom. The molecule has 1 aromatic heterocycles. The molecule has 0 radical (unpaired) electrons. The lowest BCUT2D eigenvalue weighted by atomic mass is 9.50. The molecule has 3 fully saturated rings. The van der Waals surface area contributed by atoms with Gasteiger partial charge in [-0.25, -0.2) is 0 Å². The van der Waals surface area contributed by atoms with Crippen molar-refractivity contribution in [2.45, 2.75) is 31.7 Å². The number of nitrogens with two attached hydrogens (primary N) is 1. The zero-order chi connectivity index (χ0) is 16.1. The molecule has 2 aliphatic carbocycles. The average Bonchev–Trinajstić information content (AvgIpc) is 2.96. The van der Waals surface area contributed by atoms with Gasteiger partial charge in [0.25, 0.3) is 0 Å². The summed E-state index contributed by atoms with van der Waals surface area (Å²) in [6.45, 7) is 5.86. The summed E-state index contributed by atoms with van der Waals surface area (Å²) >= 11 is 1.63. The van der Waals surface area contributed by atoms with Crippen LogP contribution in [0, 0.1) is 11.3 Å². The monoisotopic (exact) mass is 378 g/mol. The highest BCUT2D eigenvalue weighted by Gasteiger charge is 2.51. The Bertz CT molecular complexity index is 726. The van der Waals surface area contributed by atoms with Crippen LogP contribution in [0.3, 0.4) is 0 Å². The minimum absolute atomic E-state index is 0. The van der Waals surface area contributed by atoms with Crippen LogP contribution in [0.25, 0.3) is 10.1 Å². The number of benzene rings is 1. The molecular formula is C19H27ClN4S. The van der Waals surface area contributed by atoms with Gasteiger partial charge in [-0.15, -0.1) is 12.4 Å². The first kappa shape index (κ1) is 17.5. The summed E-state index contributed by atoms with van der Waals surface area (Å²) in [6, 6.07) is 9.10. The number of anilines is 1. The summed E-state index contributed by atoms with van der Waals surface area (Å²) in [5.41, 5.74) is 6.65. The molecule has 0 atom stereocenters. The number of rotatable bonds is 3. The van der Waals surface area contributed by atoms with E-state index in [0.29, 0.717) is 11.5 Å². The number of hydrogen-bond donors (Lipinski definition) is 1. The van der Waals surface area contributed by atoms with Crippen molar-refractivity contribution in [3.8, 4) is 0 Å². The highest BCUT2D eigenvalue weighted by Crippen LogP contribution is 2.58. The van der Waals surface area contributed by atoms with Gasteiger partial charge in [0.15, 0.2) is 0 Å². The molecule has 4 nitrogen and oxygen atoms in total. The van der Waals surface area contributed by atoms with Crippen molar-refractivity contribution in [2.24, 2.45) is 17.1 Å². The molecule has 2 N–H and O–H groups in total. The van der Waals surface area contributed by atoms with E-state index in [2.05, 4.69) is 34.1 Å². The zero-order valence-corrected chi connectivity index (χ0v) is 16.2. The van der Waals surface area contributed by atoms with E-state index in [0.717, 1.165) is 19.0 Å². The lowest BCUT2D eigenvalue weighted by molar-refractivity contribution is -0.0507. The Labute approximate surface area is 159 Å². The van der Waals surface area contributed by atoms with Crippen LogP contribution in [0.15, 0.2) is 24.3 Å². The minimum atomic E-state index is 0. The van der Waals surface area contributed by atoms with Crippen LogP contribution in [-0.4, -0.2) is 48.0 Å². The third kappa shape index (κ3) is 3.16. The Hall–Kier alpha value is -0.880. The smallest absolute Gasteiger partial charge is 0.150 e. The van der Waals surface area contributed by atoms with Crippen LogP contribution in [0.5, 0.6) is 0 Å². The van der Waals surface area contributed by atoms with Gasteiger partial charge >= 0.3 is 0 Å². The third-order valence-corrected chi connectivity index (χ3v) is 7.20. The van der Waals surface area contributed by atoms with E-state index >= 15 is 0 Å². The van der Waals surface area contributed by atoms with Gasteiger partial charge in [0.05, 0.1) is 4.70 Å². The second-order valence-electron chi connectivity index (χ2n) is 8.23. The first-order chi connectivity index (χ1) is 11.7. The molecule has 1 aliphatic heterocycles. The van der Waals surface area contributed by atoms with Gasteiger partial charge in [0.2, 0.25) is 0 Å². The maximum absolute atomic E-state index is 5.97. The van der Waals surface area contributed by atoms with Crippen molar-refractivity contribution >= 4 is 39.8 Å². The lowest BCUT2D eigenvalue weighted by Crippen LogP contribution is -2.56. The lowest BCUT2D eigenvalue weighted by Gasteiger charge is -2.58. The van der Waals surface area contributed by atoms with Crippen LogP contribution in [0.2, 0.25) is 0 Å². The quantitative estimate of drug-likeness (QED) is 0.889. The maximum atomic E-state index is 5.97. The Morgan fingerprint density at radius 3 is 2.52 bits per heavy atom. The van der Waals surface area contributed by atoms with Gasteiger partial charge in [-0.05, 0) is 60.7 Å². The largest absolute Gasteiger partial charge is 0.353 e. The fourth-order valence-corrected chi connectivity index (χ4v) is 6.08. The molecule has 2 heterocycles. The molecule has 0 bridgehead atoms. The number of fused-ring (bicyclic) bond motifs is 1. The second kappa shape index (κ2) is 6.69. The van der Waals surface area contributed by atoms with Crippen LogP contribution in [0.4, 0.5) is 5.82 Å². The Morgan fingerprint density at radius 2 is 1.80 bits per heavy atom. The highest BCUT2D eigenvalue weighted by molar-refractivity contribution is 7.13. The molecule has 1 aromatic carbocycles. The fraction of sp³-hybridized carbons (Fsp3) is 0.632. The van der Waals surface area contributed by atoms with Gasteiger partial charge in [-0.2, -0.15) is 4.37 Å². The van der Waals surface area contributed by atoms with Gasteiger partial charge in [-0.3, -0.25) is 4.90 Å². The van der Waals surface area contributed by atoms with Crippen LogP contribution in [-0.2, 0) is 0 Å². The van der Waals surface area contributed by atoms with Crippen molar-refractivity contribution in [2.75, 3.05) is 37.6 Å². The summed E-state index contributed by atoms with van der Waals surface area (Å²) in [7, 11) is 0. The van der Waals surface area contributed by atoms with E-state index in [1.165, 1.54) is 61.2 Å². The summed E-state index contributed by atoms with van der Waals surface area (Å²) < 4.78 is 6.01. The maximum Gasteiger partial charge on any atom is 0.150 e. The van der Waals surface area contributed by atoms with E-state index < -0.39 is 0 Å². The first-order valence-electron chi connectivity index (χ1n) is 9.28. The number of nitrogens with zero attached hydrogens (tertiary/aromatic N) is 3. The van der Waals surface area contributed by atoms with Crippen LogP contribution < -0.4 is 10.6 Å². The molecule has 0 unspecified atom stereocenters. The standard InChI is InChI=1S/C19H26N4S.ClH/c20-15-11-19(12-15)9-14(10-19)13-22-5-7-23(8-6-22)18-16-3-1-2-4-17(16)24-21-18;/h1-4,14-15H,5-13,20H2;1H. The molecular weight excluding hydrogens is 352 g/mol. The van der Waals surface area contributed by atoms with Gasteiger partial charge in [-0.1, -0.05) is 12.1 Å². The van der Waals surface area contributed by atoms with E-state index in [9.17, 15) is 0 Å². The number of hydrogen-bond acceptors (Lipinski definition) is 5. The summed E-state index contributed by atoms with van der Waals surface area (Å²) in [5, 5.41) is 1.32. The normalized spacial score (nSPS) is 32.3. The van der Waals surface area contributed by atoms with Gasteiger partial charge in [0.1, 0.15) is 5.82 Å². The van der Waals surface area contributed by atoms with E-state index in [1.807, 2.05) is 0 Å². The molecule has 2 saturated carbocycles. The molecule has 5 rings (SSSR count). The minimum Gasteiger partial charge on any atom is -0.353 e. The van der Waals surface area contributed by atoms with Crippen molar-refractivity contribution in [1.29, 1.82) is 0 Å². The predicted octanol–water partition coefficient (Wildman–Crippen LogP) is 3.36. The SMILES string of the molecule is Cl.NC1CC2(C1)CC(CN1CCN(c3nsc4ccccc34)CC1)C2. The summed E-state index contributed by atoms with van der Waals surface area (Å²) in [6.07, 6.45) is 5.43. The summed E-state index contributed by atoms with van der Waals surface area (Å²) in [4.78, 5) is 5.14. The third-order valence-electron chi connectivity index (χ3n) is 6.38. The molecule has 6 heteroatoms. The predicted molar refractivity (Wildman–Crippen MR) is 108 cm³/mol. The molecule has 1 spiro atoms. The van der Waals surface area contributed by atoms with Gasteiger partial charge in [0, 0.05) is 44.2 Å². The number of piperazine rings is 1. The summed E-state index contributed by atoms with van der Waals surface area (Å²) in [5.74, 6) is 2.12. The number of aromatic nitrogens is 1. The van der Waals surface area contributed by atoms with Crippen molar-refractivity contribution < 1.29 is 0 Å². The molecule has 1 saturated heterocycles. The molecule has 136 valence electrons. The first-order valence-corrected chi connectivity index (χ1v) is 10.1. The Kier molecular flexibility index (Phi) is 4.69.